The first kappa shape index (κ1) is 16.5. The van der Waals surface area contributed by atoms with Crippen LogP contribution in [-0.2, 0) is 22.5 Å². The molecule has 0 aromatic heterocycles. The molecule has 0 aliphatic rings. The molecule has 5 nitrogen and oxygen atoms in total. The molecule has 1 aromatic carbocycles. The number of nitrogens with two attached hydrogens (primary N) is 1. The molecular formula is C12H17N2O3S-. The summed E-state index contributed by atoms with van der Waals surface area (Å²) in [5.74, 6) is -0.173. The molecule has 1 rings (SSSR count). The predicted octanol–water partition coefficient (Wildman–Crippen LogP) is 1.50. The fraction of sp³-hybridized carbons (Fsp3) is 0.250. The number of hydrogen-bond acceptors (Lipinski definition) is 3. The van der Waals surface area contributed by atoms with Gasteiger partial charge in [0, 0.05) is 17.0 Å². The van der Waals surface area contributed by atoms with E-state index in [9.17, 15) is 4.79 Å². The zero-order chi connectivity index (χ0) is 14.0. The Morgan fingerprint density at radius 3 is 2.39 bits per heavy atom. The smallest absolute Gasteiger partial charge is 0.247 e. The minimum Gasteiger partial charge on any atom is -0.760 e. The minimum absolute atomic E-state index is 0.173. The van der Waals surface area contributed by atoms with Gasteiger partial charge < -0.3 is 9.87 Å². The molecule has 0 aliphatic carbocycles. The number of carbonyl (C=O) groups excluding carboxylic acids is 1. The Kier molecular flexibility index (Phi) is 8.73. The Balaban J connectivity index is 0.000000631. The van der Waals surface area contributed by atoms with Crippen molar-refractivity contribution in [2.45, 2.75) is 19.8 Å². The van der Waals surface area contributed by atoms with Crippen molar-refractivity contribution in [2.75, 3.05) is 5.32 Å². The third-order valence-corrected chi connectivity index (χ3v) is 1.95. The van der Waals surface area contributed by atoms with Crippen molar-refractivity contribution >= 4 is 22.9 Å². The molecule has 1 atom stereocenters. The normalized spacial score (nSPS) is 10.8. The lowest BCUT2D eigenvalue weighted by Gasteiger charge is -2.03. The Morgan fingerprint density at radius 1 is 1.50 bits per heavy atom. The van der Waals surface area contributed by atoms with Crippen LogP contribution in [0.2, 0.25) is 0 Å². The number of benzene rings is 1. The molecule has 18 heavy (non-hydrogen) atoms. The van der Waals surface area contributed by atoms with Crippen molar-refractivity contribution in [3.8, 4) is 0 Å². The summed E-state index contributed by atoms with van der Waals surface area (Å²) in [6.45, 7) is 5.54. The maximum atomic E-state index is 11.0. The highest BCUT2D eigenvalue weighted by Crippen LogP contribution is 2.10. The van der Waals surface area contributed by atoms with Gasteiger partial charge in [0.05, 0.1) is 0 Å². The second kappa shape index (κ2) is 9.52. The van der Waals surface area contributed by atoms with Gasteiger partial charge in [-0.05, 0) is 30.2 Å². The Labute approximate surface area is 110 Å². The van der Waals surface area contributed by atoms with Gasteiger partial charge in [0.1, 0.15) is 0 Å². The van der Waals surface area contributed by atoms with Gasteiger partial charge in [-0.2, -0.15) is 0 Å². The molecule has 0 aliphatic heterocycles. The summed E-state index contributed by atoms with van der Waals surface area (Å²) in [6.07, 6.45) is 3.48. The molecule has 100 valence electrons. The van der Waals surface area contributed by atoms with E-state index in [2.05, 4.69) is 24.0 Å². The third-order valence-electron chi connectivity index (χ3n) is 1.95. The summed E-state index contributed by atoms with van der Waals surface area (Å²) in [5.41, 5.74) is 2.11. The van der Waals surface area contributed by atoms with Crippen molar-refractivity contribution in [3.05, 3.63) is 42.5 Å². The summed E-state index contributed by atoms with van der Waals surface area (Å²) in [7, 11) is 0. The summed E-state index contributed by atoms with van der Waals surface area (Å²) in [5, 5.41) is 6.73. The predicted molar refractivity (Wildman–Crippen MR) is 72.4 cm³/mol. The number of carbonyl (C=O) groups is 1. The van der Waals surface area contributed by atoms with E-state index in [-0.39, 0.29) is 5.91 Å². The van der Waals surface area contributed by atoms with Crippen LogP contribution in [0.4, 0.5) is 5.69 Å². The first-order chi connectivity index (χ1) is 8.49. The maximum absolute atomic E-state index is 11.0. The molecule has 1 amide bonds. The van der Waals surface area contributed by atoms with E-state index in [1.54, 1.807) is 0 Å². The van der Waals surface area contributed by atoms with E-state index in [4.69, 9.17) is 8.76 Å². The molecule has 3 N–H and O–H groups in total. The van der Waals surface area contributed by atoms with Crippen LogP contribution in [0.1, 0.15) is 18.9 Å². The second-order valence-corrected chi connectivity index (χ2v) is 3.92. The summed E-state index contributed by atoms with van der Waals surface area (Å²) >= 11 is -2.36. The molecule has 0 saturated heterocycles. The first-order valence-corrected chi connectivity index (χ1v) is 6.49. The van der Waals surface area contributed by atoms with Gasteiger partial charge in [0.2, 0.25) is 5.91 Å². The van der Waals surface area contributed by atoms with Crippen molar-refractivity contribution in [2.24, 2.45) is 5.14 Å². The van der Waals surface area contributed by atoms with E-state index in [0.717, 1.165) is 18.5 Å². The summed E-state index contributed by atoms with van der Waals surface area (Å²) in [4.78, 5) is 11.0. The molecule has 1 aromatic rings. The van der Waals surface area contributed by atoms with E-state index >= 15 is 0 Å². The molecule has 6 heteroatoms. The van der Waals surface area contributed by atoms with Crippen LogP contribution < -0.4 is 10.5 Å². The molecule has 1 unspecified atom stereocenters. The maximum Gasteiger partial charge on any atom is 0.247 e. The second-order valence-electron chi connectivity index (χ2n) is 3.40. The van der Waals surface area contributed by atoms with Gasteiger partial charge in [-0.1, -0.05) is 32.1 Å². The number of nitrogens with one attached hydrogen (secondary N) is 1. The molecule has 0 heterocycles. The highest BCUT2D eigenvalue weighted by molar-refractivity contribution is 7.76. The van der Waals surface area contributed by atoms with Gasteiger partial charge >= 0.3 is 0 Å². The van der Waals surface area contributed by atoms with Gasteiger partial charge in [-0.25, -0.2) is 0 Å². The largest absolute Gasteiger partial charge is 0.760 e. The Hall–Kier alpha value is -1.50. The highest BCUT2D eigenvalue weighted by Gasteiger charge is 1.96. The fourth-order valence-electron chi connectivity index (χ4n) is 1.24. The average molecular weight is 269 g/mol. The van der Waals surface area contributed by atoms with Crippen molar-refractivity contribution in [1.29, 1.82) is 0 Å². The topological polar surface area (TPSA) is 95.2 Å². The van der Waals surface area contributed by atoms with Crippen LogP contribution in [0, 0.1) is 0 Å². The zero-order valence-electron chi connectivity index (χ0n) is 10.2. The van der Waals surface area contributed by atoms with Gasteiger partial charge in [0.15, 0.2) is 0 Å². The van der Waals surface area contributed by atoms with E-state index in [1.807, 2.05) is 24.3 Å². The third kappa shape index (κ3) is 8.63. The van der Waals surface area contributed by atoms with Crippen LogP contribution >= 0.6 is 0 Å². The monoisotopic (exact) mass is 269 g/mol. The standard InChI is InChI=1S/C12H15NO.H3NO2S/c1-3-5-10-6-8-11(9-7-10)13-12(14)4-2;1-4(2)3/h4,6-9H,2-3,5H2,1H3,(H,13,14);1H2,(H,2,3)/p-1. The average Bonchev–Trinajstić information content (AvgIpc) is 2.31. The SMILES string of the molecule is C=CC(=O)Nc1ccc(CCC)cc1.NS(=O)[O-]. The lowest BCUT2D eigenvalue weighted by atomic mass is 10.1. The van der Waals surface area contributed by atoms with Gasteiger partial charge in [0.25, 0.3) is 0 Å². The molecule has 0 radical (unpaired) electrons. The van der Waals surface area contributed by atoms with E-state index in [0.29, 0.717) is 0 Å². The number of aryl methyl sites for hydroxylation is 1. The van der Waals surface area contributed by atoms with Gasteiger partial charge in [-0.3, -0.25) is 14.1 Å². The molecular weight excluding hydrogens is 252 g/mol. The first-order valence-electron chi connectivity index (χ1n) is 5.35. The number of hydrogen-bond donors (Lipinski definition) is 2. The molecule has 0 saturated carbocycles. The zero-order valence-corrected chi connectivity index (χ0v) is 11.0. The van der Waals surface area contributed by atoms with Crippen LogP contribution in [-0.4, -0.2) is 14.7 Å². The highest BCUT2D eigenvalue weighted by atomic mass is 32.2. The Morgan fingerprint density at radius 2 is 2.00 bits per heavy atom. The van der Waals surface area contributed by atoms with Gasteiger partial charge in [-0.15, -0.1) is 0 Å². The van der Waals surface area contributed by atoms with E-state index in [1.165, 1.54) is 11.6 Å². The number of amides is 1. The summed E-state index contributed by atoms with van der Waals surface area (Å²) < 4.78 is 17.6. The Bertz CT molecular complexity index is 400. The molecule has 0 spiro atoms. The van der Waals surface area contributed by atoms with Crippen molar-refractivity contribution in [1.82, 2.24) is 0 Å². The minimum atomic E-state index is -2.36. The molecule has 0 bridgehead atoms. The quantitative estimate of drug-likeness (QED) is 0.640. The van der Waals surface area contributed by atoms with Crippen molar-refractivity contribution < 1.29 is 13.6 Å². The van der Waals surface area contributed by atoms with Crippen LogP contribution in [0.25, 0.3) is 0 Å². The van der Waals surface area contributed by atoms with Crippen LogP contribution in [0.3, 0.4) is 0 Å². The lowest BCUT2D eigenvalue weighted by molar-refractivity contribution is -0.111. The van der Waals surface area contributed by atoms with Crippen molar-refractivity contribution in [3.63, 3.8) is 0 Å². The lowest BCUT2D eigenvalue weighted by Crippen LogP contribution is -2.06. The summed E-state index contributed by atoms with van der Waals surface area (Å²) in [6, 6.07) is 7.88. The van der Waals surface area contributed by atoms with Crippen LogP contribution in [0.5, 0.6) is 0 Å². The van der Waals surface area contributed by atoms with E-state index < -0.39 is 11.3 Å². The number of rotatable bonds is 4. The number of anilines is 1. The molecule has 0 fully saturated rings. The van der Waals surface area contributed by atoms with Crippen LogP contribution in [0.15, 0.2) is 36.9 Å². The fourth-order valence-corrected chi connectivity index (χ4v) is 1.24.